The molecule has 2 aromatic heterocycles. The zero-order valence-electron chi connectivity index (χ0n) is 18.9. The molecule has 1 aromatic carbocycles. The Morgan fingerprint density at radius 1 is 1.18 bits per heavy atom. The minimum atomic E-state index is -0.0931. The Labute approximate surface area is 193 Å². The number of carbonyl (C=O) groups is 1. The van der Waals surface area contributed by atoms with E-state index in [9.17, 15) is 4.79 Å². The van der Waals surface area contributed by atoms with Crippen molar-refractivity contribution in [1.82, 2.24) is 15.0 Å². The molecule has 0 bridgehead atoms. The number of ether oxygens (including phenoxy) is 2. The van der Waals surface area contributed by atoms with E-state index >= 15 is 0 Å². The number of hydrogen-bond donors (Lipinski definition) is 1. The third kappa shape index (κ3) is 4.80. The number of aromatic nitrogens is 3. The van der Waals surface area contributed by atoms with Crippen molar-refractivity contribution < 1.29 is 14.3 Å². The molecule has 1 N–H and O–H groups in total. The number of nitrogens with zero attached hydrogens (tertiary/aromatic N) is 4. The molecule has 0 radical (unpaired) electrons. The van der Waals surface area contributed by atoms with E-state index in [1.807, 2.05) is 55.3 Å². The fraction of sp³-hybridized carbons (Fsp3) is 0.360. The van der Waals surface area contributed by atoms with Gasteiger partial charge in [-0.3, -0.25) is 9.78 Å². The summed E-state index contributed by atoms with van der Waals surface area (Å²) in [5, 5.41) is 2.96. The molecule has 8 nitrogen and oxygen atoms in total. The number of nitrogens with one attached hydrogen (secondary N) is 1. The van der Waals surface area contributed by atoms with Gasteiger partial charge in [0.1, 0.15) is 23.4 Å². The monoisotopic (exact) mass is 445 g/mol. The fourth-order valence-corrected chi connectivity index (χ4v) is 4.05. The van der Waals surface area contributed by atoms with Gasteiger partial charge in [-0.1, -0.05) is 17.7 Å². The number of pyridine rings is 1. The number of benzene rings is 1. The lowest BCUT2D eigenvalue weighted by molar-refractivity contribution is -0.114. The Hall–Kier alpha value is -3.52. The van der Waals surface area contributed by atoms with Gasteiger partial charge in [0.05, 0.1) is 19.8 Å². The third-order valence-corrected chi connectivity index (χ3v) is 5.86. The van der Waals surface area contributed by atoms with E-state index < -0.39 is 0 Å². The molecule has 3 heterocycles. The molecule has 0 saturated carbocycles. The average Bonchev–Trinajstić information content (AvgIpc) is 3.26. The van der Waals surface area contributed by atoms with Gasteiger partial charge in [0.15, 0.2) is 5.82 Å². The molecule has 1 amide bonds. The van der Waals surface area contributed by atoms with Crippen LogP contribution in [0.5, 0.6) is 5.75 Å². The van der Waals surface area contributed by atoms with Gasteiger partial charge in [0.2, 0.25) is 5.91 Å². The molecule has 33 heavy (non-hydrogen) atoms. The molecule has 170 valence electrons. The Morgan fingerprint density at radius 2 is 2.00 bits per heavy atom. The van der Waals surface area contributed by atoms with Gasteiger partial charge >= 0.3 is 0 Å². The quantitative estimate of drug-likeness (QED) is 0.597. The van der Waals surface area contributed by atoms with E-state index in [0.717, 1.165) is 53.3 Å². The molecule has 5 rings (SSSR count). The maximum atomic E-state index is 12.7. The SMILES string of the molecule is Cc1ccc(NC(=O)CN(C)c2nc(-c3cc(OC4COC4)ccn3)nc3c2CCC3)cc1. The van der Waals surface area contributed by atoms with Crippen molar-refractivity contribution >= 4 is 17.4 Å². The van der Waals surface area contributed by atoms with Crippen LogP contribution in [0.4, 0.5) is 11.5 Å². The van der Waals surface area contributed by atoms with Crippen molar-refractivity contribution in [3.8, 4) is 17.3 Å². The lowest BCUT2D eigenvalue weighted by Gasteiger charge is -2.26. The summed E-state index contributed by atoms with van der Waals surface area (Å²) < 4.78 is 11.1. The maximum Gasteiger partial charge on any atom is 0.243 e. The Balaban J connectivity index is 1.37. The van der Waals surface area contributed by atoms with Gasteiger partial charge in [-0.2, -0.15) is 0 Å². The molecule has 1 aliphatic heterocycles. The van der Waals surface area contributed by atoms with Crippen LogP contribution in [0, 0.1) is 6.92 Å². The standard InChI is InChI=1S/C25H27N5O3/c1-16-6-8-17(9-7-16)27-23(31)13-30(2)25-20-4-3-5-21(20)28-24(29-25)22-12-18(10-11-26-22)33-19-14-32-15-19/h6-12,19H,3-5,13-15H2,1-2H3,(H,27,31). The number of rotatable bonds is 7. The van der Waals surface area contributed by atoms with Crippen molar-refractivity contribution in [3.63, 3.8) is 0 Å². The molecule has 0 unspecified atom stereocenters. The molecule has 0 atom stereocenters. The molecular weight excluding hydrogens is 418 g/mol. The first-order valence-electron chi connectivity index (χ1n) is 11.2. The summed E-state index contributed by atoms with van der Waals surface area (Å²) >= 11 is 0. The predicted molar refractivity (Wildman–Crippen MR) is 126 cm³/mol. The van der Waals surface area contributed by atoms with Gasteiger partial charge in [-0.05, 0) is 44.4 Å². The smallest absolute Gasteiger partial charge is 0.243 e. The number of hydrogen-bond acceptors (Lipinski definition) is 7. The van der Waals surface area contributed by atoms with Gasteiger partial charge in [0.25, 0.3) is 0 Å². The van der Waals surface area contributed by atoms with Crippen LogP contribution in [0.2, 0.25) is 0 Å². The van der Waals surface area contributed by atoms with Gasteiger partial charge in [-0.25, -0.2) is 9.97 Å². The first-order valence-corrected chi connectivity index (χ1v) is 11.2. The molecule has 0 spiro atoms. The normalized spacial score (nSPS) is 15.0. The second-order valence-corrected chi connectivity index (χ2v) is 8.57. The predicted octanol–water partition coefficient (Wildman–Crippen LogP) is 3.19. The maximum absolute atomic E-state index is 12.7. The highest BCUT2D eigenvalue weighted by atomic mass is 16.6. The van der Waals surface area contributed by atoms with Crippen LogP contribution in [-0.2, 0) is 22.4 Å². The summed E-state index contributed by atoms with van der Waals surface area (Å²) in [6, 6.07) is 11.5. The van der Waals surface area contributed by atoms with Crippen LogP contribution in [-0.4, -0.2) is 53.8 Å². The molecule has 1 fully saturated rings. The molecule has 8 heteroatoms. The summed E-state index contributed by atoms with van der Waals surface area (Å²) in [5.74, 6) is 1.97. The number of anilines is 2. The highest BCUT2D eigenvalue weighted by Crippen LogP contribution is 2.31. The number of likely N-dealkylation sites (N-methyl/N-ethyl adjacent to an activating group) is 1. The molecule has 1 aliphatic carbocycles. The van der Waals surface area contributed by atoms with Crippen molar-refractivity contribution in [2.24, 2.45) is 0 Å². The average molecular weight is 446 g/mol. The minimum absolute atomic E-state index is 0.0786. The van der Waals surface area contributed by atoms with E-state index in [1.54, 1.807) is 6.20 Å². The lowest BCUT2D eigenvalue weighted by Crippen LogP contribution is -2.38. The van der Waals surface area contributed by atoms with Crippen LogP contribution in [0.1, 0.15) is 23.2 Å². The highest BCUT2D eigenvalue weighted by Gasteiger charge is 2.24. The summed E-state index contributed by atoms with van der Waals surface area (Å²) in [4.78, 5) is 28.7. The highest BCUT2D eigenvalue weighted by molar-refractivity contribution is 5.94. The largest absolute Gasteiger partial charge is 0.485 e. The zero-order valence-corrected chi connectivity index (χ0v) is 18.9. The first-order chi connectivity index (χ1) is 16.0. The van der Waals surface area contributed by atoms with Gasteiger partial charge in [0, 0.05) is 36.3 Å². The minimum Gasteiger partial charge on any atom is -0.485 e. The van der Waals surface area contributed by atoms with Crippen LogP contribution >= 0.6 is 0 Å². The Morgan fingerprint density at radius 3 is 2.76 bits per heavy atom. The Bertz CT molecular complexity index is 1160. The van der Waals surface area contributed by atoms with Gasteiger partial charge in [-0.15, -0.1) is 0 Å². The Kier molecular flexibility index (Phi) is 5.92. The second kappa shape index (κ2) is 9.15. The van der Waals surface area contributed by atoms with Crippen LogP contribution in [0.15, 0.2) is 42.6 Å². The number of aryl methyl sites for hydroxylation is 2. The summed E-state index contributed by atoms with van der Waals surface area (Å²) in [7, 11) is 1.89. The first kappa shape index (κ1) is 21.3. The van der Waals surface area contributed by atoms with Crippen molar-refractivity contribution in [1.29, 1.82) is 0 Å². The van der Waals surface area contributed by atoms with E-state index in [2.05, 4.69) is 10.3 Å². The van der Waals surface area contributed by atoms with Crippen LogP contribution < -0.4 is 15.0 Å². The summed E-state index contributed by atoms with van der Waals surface area (Å²) in [6.45, 7) is 3.42. The van der Waals surface area contributed by atoms with E-state index in [0.29, 0.717) is 24.7 Å². The number of amides is 1. The van der Waals surface area contributed by atoms with Crippen LogP contribution in [0.3, 0.4) is 0 Å². The second-order valence-electron chi connectivity index (χ2n) is 8.57. The number of fused-ring (bicyclic) bond motifs is 1. The number of carbonyl (C=O) groups excluding carboxylic acids is 1. The van der Waals surface area contributed by atoms with Crippen molar-refractivity contribution in [2.75, 3.05) is 37.0 Å². The van der Waals surface area contributed by atoms with Crippen molar-refractivity contribution in [2.45, 2.75) is 32.3 Å². The van der Waals surface area contributed by atoms with Crippen LogP contribution in [0.25, 0.3) is 11.5 Å². The molecule has 1 saturated heterocycles. The fourth-order valence-electron chi connectivity index (χ4n) is 4.05. The zero-order chi connectivity index (χ0) is 22.8. The van der Waals surface area contributed by atoms with E-state index in [1.165, 1.54) is 0 Å². The molecular formula is C25H27N5O3. The summed E-state index contributed by atoms with van der Waals surface area (Å²) in [6.07, 6.45) is 4.63. The van der Waals surface area contributed by atoms with Gasteiger partial charge < -0.3 is 19.7 Å². The van der Waals surface area contributed by atoms with E-state index in [-0.39, 0.29) is 18.6 Å². The third-order valence-electron chi connectivity index (χ3n) is 5.86. The van der Waals surface area contributed by atoms with E-state index in [4.69, 9.17) is 19.4 Å². The lowest BCUT2D eigenvalue weighted by atomic mass is 10.2. The molecule has 2 aliphatic rings. The topological polar surface area (TPSA) is 89.5 Å². The van der Waals surface area contributed by atoms with Crippen molar-refractivity contribution in [3.05, 3.63) is 59.4 Å². The summed E-state index contributed by atoms with van der Waals surface area (Å²) in [5.41, 5.74) is 4.73. The molecule has 3 aromatic rings.